The summed E-state index contributed by atoms with van der Waals surface area (Å²) >= 11 is 0. The Morgan fingerprint density at radius 3 is 2.71 bits per heavy atom. The third kappa shape index (κ3) is 4.25. The molecular formula is C23H27N3O2. The van der Waals surface area contributed by atoms with E-state index in [-0.39, 0.29) is 11.8 Å². The predicted molar refractivity (Wildman–Crippen MR) is 110 cm³/mol. The Hall–Kier alpha value is -2.66. The van der Waals surface area contributed by atoms with Crippen LogP contribution in [-0.2, 0) is 11.3 Å². The summed E-state index contributed by atoms with van der Waals surface area (Å²) in [4.78, 5) is 26.3. The number of amides is 2. The minimum Gasteiger partial charge on any atom is -0.348 e. The van der Waals surface area contributed by atoms with Crippen molar-refractivity contribution < 1.29 is 9.59 Å². The van der Waals surface area contributed by atoms with Crippen LogP contribution < -0.4 is 15.5 Å². The molecule has 4 rings (SSSR count). The van der Waals surface area contributed by atoms with Crippen molar-refractivity contribution >= 4 is 17.5 Å². The van der Waals surface area contributed by atoms with Crippen molar-refractivity contribution in [1.29, 1.82) is 0 Å². The smallest absolute Gasteiger partial charge is 0.251 e. The minimum atomic E-state index is -0.0515. The van der Waals surface area contributed by atoms with Gasteiger partial charge in [0.15, 0.2) is 0 Å². The zero-order valence-corrected chi connectivity index (χ0v) is 16.1. The van der Waals surface area contributed by atoms with Gasteiger partial charge in [0.2, 0.25) is 5.91 Å². The molecule has 5 nitrogen and oxygen atoms in total. The number of piperidine rings is 1. The molecule has 2 amide bonds. The fourth-order valence-corrected chi connectivity index (χ4v) is 4.07. The minimum absolute atomic E-state index is 0.0515. The van der Waals surface area contributed by atoms with Crippen LogP contribution in [0.2, 0.25) is 0 Å². The first-order chi connectivity index (χ1) is 13.7. The summed E-state index contributed by atoms with van der Waals surface area (Å²) in [5.74, 6) is 0.626. The van der Waals surface area contributed by atoms with E-state index >= 15 is 0 Å². The number of nitrogens with one attached hydrogen (secondary N) is 2. The second-order valence-corrected chi connectivity index (χ2v) is 7.67. The van der Waals surface area contributed by atoms with Gasteiger partial charge in [-0.3, -0.25) is 9.59 Å². The Bertz CT molecular complexity index is 841. The maximum atomic E-state index is 12.6. The summed E-state index contributed by atoms with van der Waals surface area (Å²) in [5, 5.41) is 6.44. The number of carbonyl (C=O) groups excluding carboxylic acids is 2. The van der Waals surface area contributed by atoms with Gasteiger partial charge in [-0.1, -0.05) is 24.3 Å². The van der Waals surface area contributed by atoms with Crippen LogP contribution in [0.25, 0.3) is 0 Å². The summed E-state index contributed by atoms with van der Waals surface area (Å²) in [6.45, 7) is 3.34. The maximum Gasteiger partial charge on any atom is 0.251 e. The molecule has 2 aliphatic heterocycles. The fraction of sp³-hybridized carbons (Fsp3) is 0.391. The lowest BCUT2D eigenvalue weighted by Crippen LogP contribution is -2.28. The molecule has 146 valence electrons. The van der Waals surface area contributed by atoms with E-state index < -0.39 is 0 Å². The van der Waals surface area contributed by atoms with Gasteiger partial charge in [0.25, 0.3) is 5.91 Å². The molecule has 0 radical (unpaired) electrons. The average molecular weight is 377 g/mol. The van der Waals surface area contributed by atoms with Crippen molar-refractivity contribution in [3.05, 3.63) is 65.2 Å². The molecule has 2 aromatic rings. The van der Waals surface area contributed by atoms with Crippen LogP contribution in [0.3, 0.4) is 0 Å². The van der Waals surface area contributed by atoms with Gasteiger partial charge in [-0.25, -0.2) is 0 Å². The lowest BCUT2D eigenvalue weighted by atomic mass is 9.90. The van der Waals surface area contributed by atoms with Crippen LogP contribution in [0.5, 0.6) is 0 Å². The Kier molecular flexibility index (Phi) is 5.72. The Balaban J connectivity index is 1.36. The van der Waals surface area contributed by atoms with E-state index in [1.807, 2.05) is 47.4 Å². The zero-order valence-electron chi connectivity index (χ0n) is 16.1. The SMILES string of the molecule is O=C(NCc1ccc(N2CCCC2=O)cc1)c1cccc(C2CCCNC2)c1. The number of hydrogen-bond donors (Lipinski definition) is 2. The number of rotatable bonds is 5. The van der Waals surface area contributed by atoms with E-state index in [2.05, 4.69) is 16.7 Å². The van der Waals surface area contributed by atoms with Crippen LogP contribution in [-0.4, -0.2) is 31.4 Å². The summed E-state index contributed by atoms with van der Waals surface area (Å²) in [6.07, 6.45) is 3.91. The van der Waals surface area contributed by atoms with Gasteiger partial charge in [-0.2, -0.15) is 0 Å². The van der Waals surface area contributed by atoms with E-state index in [1.54, 1.807) is 0 Å². The molecule has 2 saturated heterocycles. The van der Waals surface area contributed by atoms with Crippen LogP contribution in [0.4, 0.5) is 5.69 Å². The Morgan fingerprint density at radius 1 is 1.14 bits per heavy atom. The van der Waals surface area contributed by atoms with Gasteiger partial charge in [0.05, 0.1) is 0 Å². The number of nitrogens with zero attached hydrogens (tertiary/aromatic N) is 1. The molecule has 2 aromatic carbocycles. The quantitative estimate of drug-likeness (QED) is 0.841. The van der Waals surface area contributed by atoms with Gasteiger partial charge in [0.1, 0.15) is 0 Å². The lowest BCUT2D eigenvalue weighted by molar-refractivity contribution is -0.117. The molecule has 1 atom stereocenters. The first-order valence-electron chi connectivity index (χ1n) is 10.2. The molecule has 0 spiro atoms. The van der Waals surface area contributed by atoms with E-state index in [0.29, 0.717) is 24.4 Å². The van der Waals surface area contributed by atoms with Crippen LogP contribution in [0, 0.1) is 0 Å². The highest BCUT2D eigenvalue weighted by Crippen LogP contribution is 2.24. The van der Waals surface area contributed by atoms with E-state index in [0.717, 1.165) is 37.3 Å². The van der Waals surface area contributed by atoms with Gasteiger partial charge in [-0.05, 0) is 67.1 Å². The van der Waals surface area contributed by atoms with Crippen LogP contribution >= 0.6 is 0 Å². The molecule has 2 N–H and O–H groups in total. The lowest BCUT2D eigenvalue weighted by Gasteiger charge is -2.23. The number of hydrogen-bond acceptors (Lipinski definition) is 3. The van der Waals surface area contributed by atoms with Gasteiger partial charge >= 0.3 is 0 Å². The van der Waals surface area contributed by atoms with Crippen LogP contribution in [0.1, 0.15) is 53.1 Å². The number of anilines is 1. The van der Waals surface area contributed by atoms with Gasteiger partial charge in [-0.15, -0.1) is 0 Å². The maximum absolute atomic E-state index is 12.6. The van der Waals surface area contributed by atoms with Gasteiger partial charge < -0.3 is 15.5 Å². The van der Waals surface area contributed by atoms with Crippen molar-refractivity contribution in [1.82, 2.24) is 10.6 Å². The molecule has 0 aliphatic carbocycles. The van der Waals surface area contributed by atoms with E-state index in [1.165, 1.54) is 18.4 Å². The predicted octanol–water partition coefficient (Wildman–Crippen LogP) is 3.21. The Morgan fingerprint density at radius 2 is 2.00 bits per heavy atom. The van der Waals surface area contributed by atoms with Crippen molar-refractivity contribution in [3.63, 3.8) is 0 Å². The fourth-order valence-electron chi connectivity index (χ4n) is 4.07. The summed E-state index contributed by atoms with van der Waals surface area (Å²) in [6, 6.07) is 15.9. The molecule has 0 aromatic heterocycles. The summed E-state index contributed by atoms with van der Waals surface area (Å²) < 4.78 is 0. The van der Waals surface area contributed by atoms with Gasteiger partial charge in [0, 0.05) is 37.3 Å². The van der Waals surface area contributed by atoms with Crippen LogP contribution in [0.15, 0.2) is 48.5 Å². The standard InChI is InChI=1S/C23H27N3O2/c27-22-7-3-13-26(22)21-10-8-17(9-11-21)15-25-23(28)19-5-1-4-18(14-19)20-6-2-12-24-16-20/h1,4-5,8-11,14,20,24H,2-3,6-7,12-13,15-16H2,(H,25,28). The number of carbonyl (C=O) groups is 2. The third-order valence-corrected chi connectivity index (χ3v) is 5.69. The summed E-state index contributed by atoms with van der Waals surface area (Å²) in [5.41, 5.74) is 3.91. The molecule has 0 saturated carbocycles. The second kappa shape index (κ2) is 8.57. The molecule has 2 aliphatic rings. The largest absolute Gasteiger partial charge is 0.348 e. The molecule has 1 unspecified atom stereocenters. The summed E-state index contributed by atoms with van der Waals surface area (Å²) in [7, 11) is 0. The highest BCUT2D eigenvalue weighted by molar-refractivity contribution is 5.95. The highest BCUT2D eigenvalue weighted by atomic mass is 16.2. The molecular weight excluding hydrogens is 350 g/mol. The average Bonchev–Trinajstić information content (AvgIpc) is 3.19. The molecule has 5 heteroatoms. The zero-order chi connectivity index (χ0) is 19.3. The third-order valence-electron chi connectivity index (χ3n) is 5.69. The monoisotopic (exact) mass is 377 g/mol. The van der Waals surface area contributed by atoms with Crippen molar-refractivity contribution in [2.75, 3.05) is 24.5 Å². The van der Waals surface area contributed by atoms with Crippen molar-refractivity contribution in [3.8, 4) is 0 Å². The molecule has 2 heterocycles. The highest BCUT2D eigenvalue weighted by Gasteiger charge is 2.21. The first kappa shape index (κ1) is 18.7. The van der Waals surface area contributed by atoms with Crippen molar-refractivity contribution in [2.45, 2.75) is 38.1 Å². The number of benzene rings is 2. The van der Waals surface area contributed by atoms with E-state index in [9.17, 15) is 9.59 Å². The van der Waals surface area contributed by atoms with Crippen molar-refractivity contribution in [2.24, 2.45) is 0 Å². The normalized spacial score (nSPS) is 19.6. The molecule has 0 bridgehead atoms. The topological polar surface area (TPSA) is 61.4 Å². The Labute approximate surface area is 166 Å². The molecule has 2 fully saturated rings. The molecule has 28 heavy (non-hydrogen) atoms. The van der Waals surface area contributed by atoms with E-state index in [4.69, 9.17) is 0 Å². The first-order valence-corrected chi connectivity index (χ1v) is 10.2. The second-order valence-electron chi connectivity index (χ2n) is 7.67.